The average molecular weight is 220 g/mol. The second-order valence-electron chi connectivity index (χ2n) is 4.43. The Kier molecular flexibility index (Phi) is 1.77. The molecular weight excluding hydrogens is 208 g/mol. The number of nitrogens with zero attached hydrogens (tertiary/aromatic N) is 1. The van der Waals surface area contributed by atoms with Crippen molar-refractivity contribution in [2.45, 2.75) is 18.5 Å². The predicted molar refractivity (Wildman–Crippen MR) is 55.4 cm³/mol. The fourth-order valence-electron chi connectivity index (χ4n) is 3.01. The van der Waals surface area contributed by atoms with Crippen LogP contribution in [0.4, 0.5) is 0 Å². The molecule has 84 valence electrons. The summed E-state index contributed by atoms with van der Waals surface area (Å²) < 4.78 is 0. The van der Waals surface area contributed by atoms with Crippen LogP contribution in [0.15, 0.2) is 23.9 Å². The zero-order valence-electron chi connectivity index (χ0n) is 8.64. The van der Waals surface area contributed by atoms with Crippen LogP contribution in [0.25, 0.3) is 0 Å². The van der Waals surface area contributed by atoms with Crippen LogP contribution in [0.5, 0.6) is 0 Å². The third-order valence-corrected chi connectivity index (χ3v) is 3.70. The number of hydrogen-bond acceptors (Lipinski definition) is 3. The quantitative estimate of drug-likeness (QED) is 0.628. The monoisotopic (exact) mass is 220 g/mol. The Hall–Kier alpha value is -1.62. The predicted octanol–water partition coefficient (Wildman–Crippen LogP) is -0.286. The van der Waals surface area contributed by atoms with Crippen molar-refractivity contribution in [2.75, 3.05) is 6.54 Å². The number of carboxylic acid groups (broad SMARTS) is 1. The van der Waals surface area contributed by atoms with E-state index in [1.54, 1.807) is 6.08 Å². The molecule has 0 radical (unpaired) electrons. The number of aliphatic carboxylic acids is 1. The van der Waals surface area contributed by atoms with Gasteiger partial charge in [0.05, 0.1) is 6.04 Å². The van der Waals surface area contributed by atoms with E-state index < -0.39 is 5.97 Å². The first-order valence-electron chi connectivity index (χ1n) is 5.30. The van der Waals surface area contributed by atoms with Gasteiger partial charge in [-0.1, -0.05) is 12.7 Å². The topological polar surface area (TPSA) is 69.6 Å². The summed E-state index contributed by atoms with van der Waals surface area (Å²) in [5.41, 5.74) is 0.797. The van der Waals surface area contributed by atoms with Gasteiger partial charge in [-0.15, -0.1) is 0 Å². The highest BCUT2D eigenvalue weighted by Gasteiger charge is 2.59. The van der Waals surface area contributed by atoms with E-state index in [0.29, 0.717) is 17.9 Å². The SMILES string of the molecule is C=CC1=C(C(=O)O)N2C(=O)[C@H]3NC[C@@H](C1)[C@H]32. The number of amides is 1. The molecule has 5 heteroatoms. The minimum Gasteiger partial charge on any atom is -0.477 e. The third-order valence-electron chi connectivity index (χ3n) is 3.70. The van der Waals surface area contributed by atoms with Gasteiger partial charge in [0.1, 0.15) is 11.7 Å². The average Bonchev–Trinajstić information content (AvgIpc) is 2.66. The lowest BCUT2D eigenvalue weighted by molar-refractivity contribution is -0.153. The molecule has 2 saturated heterocycles. The number of carbonyl (C=O) groups excluding carboxylic acids is 1. The van der Waals surface area contributed by atoms with Gasteiger partial charge in [0.15, 0.2) is 0 Å². The fraction of sp³-hybridized carbons (Fsp3) is 0.455. The lowest BCUT2D eigenvalue weighted by Crippen LogP contribution is -2.68. The Balaban J connectivity index is 2.09. The van der Waals surface area contributed by atoms with E-state index >= 15 is 0 Å². The minimum atomic E-state index is -1.04. The Morgan fingerprint density at radius 2 is 2.38 bits per heavy atom. The van der Waals surface area contributed by atoms with Crippen LogP contribution in [-0.4, -0.2) is 40.5 Å². The molecule has 0 spiro atoms. The Labute approximate surface area is 92.4 Å². The molecule has 3 aliphatic rings. The lowest BCUT2D eigenvalue weighted by atomic mass is 9.79. The van der Waals surface area contributed by atoms with E-state index in [0.717, 1.165) is 6.54 Å². The van der Waals surface area contributed by atoms with Gasteiger partial charge in [-0.3, -0.25) is 9.69 Å². The molecule has 0 bridgehead atoms. The van der Waals surface area contributed by atoms with Crippen LogP contribution in [0.1, 0.15) is 6.42 Å². The maximum atomic E-state index is 11.8. The van der Waals surface area contributed by atoms with Crippen molar-refractivity contribution in [1.82, 2.24) is 10.2 Å². The first kappa shape index (κ1) is 9.59. The van der Waals surface area contributed by atoms with Crippen molar-refractivity contribution in [3.63, 3.8) is 0 Å². The summed E-state index contributed by atoms with van der Waals surface area (Å²) in [7, 11) is 0. The van der Waals surface area contributed by atoms with Gasteiger partial charge in [0, 0.05) is 6.54 Å². The number of hydrogen-bond donors (Lipinski definition) is 2. The molecule has 2 fully saturated rings. The molecule has 2 N–H and O–H groups in total. The number of allylic oxidation sites excluding steroid dienone is 2. The summed E-state index contributed by atoms with van der Waals surface area (Å²) in [6.07, 6.45) is 2.25. The first-order chi connectivity index (χ1) is 7.65. The lowest BCUT2D eigenvalue weighted by Gasteiger charge is -2.48. The Morgan fingerprint density at radius 3 is 3.00 bits per heavy atom. The molecule has 3 rings (SSSR count). The van der Waals surface area contributed by atoms with Crippen molar-refractivity contribution in [2.24, 2.45) is 5.92 Å². The number of nitrogens with one attached hydrogen (secondary N) is 1. The fourth-order valence-corrected chi connectivity index (χ4v) is 3.01. The minimum absolute atomic E-state index is 0.0438. The highest BCUT2D eigenvalue weighted by molar-refractivity contribution is 6.01. The van der Waals surface area contributed by atoms with Crippen molar-refractivity contribution in [3.8, 4) is 0 Å². The van der Waals surface area contributed by atoms with E-state index in [2.05, 4.69) is 11.9 Å². The molecule has 1 amide bonds. The zero-order chi connectivity index (χ0) is 11.4. The van der Waals surface area contributed by atoms with Crippen LogP contribution in [-0.2, 0) is 9.59 Å². The molecule has 3 aliphatic heterocycles. The second-order valence-corrected chi connectivity index (χ2v) is 4.43. The normalized spacial score (nSPS) is 35.9. The Morgan fingerprint density at radius 1 is 1.62 bits per heavy atom. The molecule has 0 aromatic carbocycles. The number of carbonyl (C=O) groups is 2. The summed E-state index contributed by atoms with van der Waals surface area (Å²) in [6, 6.07) is -0.118. The molecule has 0 unspecified atom stereocenters. The summed E-state index contributed by atoms with van der Waals surface area (Å²) >= 11 is 0. The summed E-state index contributed by atoms with van der Waals surface area (Å²) in [6.45, 7) is 4.41. The molecule has 5 nitrogen and oxygen atoms in total. The highest BCUT2D eigenvalue weighted by Crippen LogP contribution is 2.43. The third kappa shape index (κ3) is 0.936. The molecule has 0 aromatic rings. The Bertz CT molecular complexity index is 441. The van der Waals surface area contributed by atoms with Crippen LogP contribution in [0, 0.1) is 5.92 Å². The van der Waals surface area contributed by atoms with Gasteiger partial charge in [-0.2, -0.15) is 0 Å². The standard InChI is InChI=1S/C11H12N2O3/c1-2-5-3-6-4-12-7-8(6)13(10(7)14)9(5)11(15)16/h2,6-8,12H,1,3-4H2,(H,15,16)/t6-,7+,8-/m1/s1. The van der Waals surface area contributed by atoms with Gasteiger partial charge in [0.2, 0.25) is 5.91 Å². The van der Waals surface area contributed by atoms with Gasteiger partial charge < -0.3 is 10.4 Å². The second kappa shape index (κ2) is 2.95. The summed E-state index contributed by atoms with van der Waals surface area (Å²) in [5, 5.41) is 12.3. The van der Waals surface area contributed by atoms with Gasteiger partial charge in [-0.05, 0) is 17.9 Å². The van der Waals surface area contributed by atoms with Gasteiger partial charge in [0.25, 0.3) is 0 Å². The molecule has 0 saturated carbocycles. The molecule has 0 aliphatic carbocycles. The first-order valence-corrected chi connectivity index (χ1v) is 5.30. The van der Waals surface area contributed by atoms with Crippen molar-refractivity contribution < 1.29 is 14.7 Å². The number of carboxylic acids is 1. The van der Waals surface area contributed by atoms with Crippen LogP contribution in [0.3, 0.4) is 0 Å². The summed E-state index contributed by atoms with van der Waals surface area (Å²) in [5.74, 6) is -0.824. The van der Waals surface area contributed by atoms with E-state index in [4.69, 9.17) is 5.11 Å². The molecule has 3 atom stereocenters. The summed E-state index contributed by atoms with van der Waals surface area (Å²) in [4.78, 5) is 24.4. The van der Waals surface area contributed by atoms with E-state index in [1.807, 2.05) is 0 Å². The van der Waals surface area contributed by atoms with Crippen LogP contribution < -0.4 is 5.32 Å². The molecule has 3 heterocycles. The van der Waals surface area contributed by atoms with E-state index in [-0.39, 0.29) is 23.7 Å². The van der Waals surface area contributed by atoms with Crippen molar-refractivity contribution in [1.29, 1.82) is 0 Å². The highest BCUT2D eigenvalue weighted by atomic mass is 16.4. The molecular formula is C11H12N2O3. The largest absolute Gasteiger partial charge is 0.477 e. The molecule has 16 heavy (non-hydrogen) atoms. The van der Waals surface area contributed by atoms with Crippen molar-refractivity contribution in [3.05, 3.63) is 23.9 Å². The van der Waals surface area contributed by atoms with Gasteiger partial charge >= 0.3 is 5.97 Å². The zero-order valence-corrected chi connectivity index (χ0v) is 8.64. The maximum absolute atomic E-state index is 11.8. The van der Waals surface area contributed by atoms with E-state index in [1.165, 1.54) is 4.90 Å². The number of β-lactam (4-membered cyclic amide) rings is 1. The van der Waals surface area contributed by atoms with E-state index in [9.17, 15) is 9.59 Å². The van der Waals surface area contributed by atoms with Gasteiger partial charge in [-0.25, -0.2) is 4.79 Å². The smallest absolute Gasteiger partial charge is 0.352 e. The van der Waals surface area contributed by atoms with Crippen LogP contribution in [0.2, 0.25) is 0 Å². The molecule has 0 aromatic heterocycles. The number of rotatable bonds is 2. The van der Waals surface area contributed by atoms with Crippen molar-refractivity contribution >= 4 is 11.9 Å². The maximum Gasteiger partial charge on any atom is 0.352 e. The van der Waals surface area contributed by atoms with Crippen LogP contribution >= 0.6 is 0 Å².